The molecular formula is C12H22N2O2. The molecule has 2 heterocycles. The normalized spacial score (nSPS) is 31.9. The fraction of sp³-hybridized carbons (Fsp3) is 0.917. The summed E-state index contributed by atoms with van der Waals surface area (Å²) in [6, 6.07) is 0. The molecule has 0 unspecified atom stereocenters. The van der Waals surface area contributed by atoms with Crippen molar-refractivity contribution in [3.05, 3.63) is 0 Å². The lowest BCUT2D eigenvalue weighted by Gasteiger charge is -2.35. The number of amides is 1. The molecule has 2 atom stereocenters. The summed E-state index contributed by atoms with van der Waals surface area (Å²) < 4.78 is 4.92. The molecule has 0 spiro atoms. The number of hydrogen-bond donors (Lipinski definition) is 0. The maximum absolute atomic E-state index is 11.3. The van der Waals surface area contributed by atoms with Crippen molar-refractivity contribution in [1.82, 2.24) is 9.80 Å². The van der Waals surface area contributed by atoms with Crippen molar-refractivity contribution in [2.75, 3.05) is 39.3 Å². The topological polar surface area (TPSA) is 32.8 Å². The van der Waals surface area contributed by atoms with Gasteiger partial charge in [-0.15, -0.1) is 0 Å². The van der Waals surface area contributed by atoms with Crippen molar-refractivity contribution in [3.8, 4) is 0 Å². The first kappa shape index (κ1) is 11.7. The zero-order valence-corrected chi connectivity index (χ0v) is 10.3. The quantitative estimate of drug-likeness (QED) is 0.729. The molecule has 0 radical (unpaired) electrons. The molecule has 0 N–H and O–H groups in total. The van der Waals surface area contributed by atoms with Crippen LogP contribution in [0.3, 0.4) is 0 Å². The number of rotatable bonds is 3. The number of carbonyl (C=O) groups is 1. The Balaban J connectivity index is 1.74. The van der Waals surface area contributed by atoms with Crippen molar-refractivity contribution >= 4 is 6.09 Å². The van der Waals surface area contributed by atoms with E-state index in [-0.39, 0.29) is 6.09 Å². The molecule has 2 aliphatic rings. The summed E-state index contributed by atoms with van der Waals surface area (Å²) in [5.74, 6) is 1.57. The molecule has 0 aromatic carbocycles. The third kappa shape index (κ3) is 2.88. The first-order chi connectivity index (χ1) is 7.65. The predicted octanol–water partition coefficient (Wildman–Crippen LogP) is 1.42. The van der Waals surface area contributed by atoms with Gasteiger partial charge in [-0.05, 0) is 18.3 Å². The molecule has 1 amide bonds. The molecule has 0 aromatic rings. The van der Waals surface area contributed by atoms with Gasteiger partial charge < -0.3 is 14.5 Å². The van der Waals surface area contributed by atoms with E-state index in [1.54, 1.807) is 0 Å². The fourth-order valence-electron chi connectivity index (χ4n) is 2.87. The van der Waals surface area contributed by atoms with E-state index in [0.717, 1.165) is 31.5 Å². The van der Waals surface area contributed by atoms with Crippen LogP contribution in [-0.4, -0.2) is 55.2 Å². The Kier molecular flexibility index (Phi) is 3.69. The molecule has 2 aliphatic heterocycles. The highest BCUT2D eigenvalue weighted by Crippen LogP contribution is 2.20. The molecule has 0 aromatic heterocycles. The Hall–Kier alpha value is -0.770. The van der Waals surface area contributed by atoms with E-state index in [4.69, 9.17) is 4.74 Å². The lowest BCUT2D eigenvalue weighted by atomic mass is 9.92. The Morgan fingerprint density at radius 2 is 1.94 bits per heavy atom. The highest BCUT2D eigenvalue weighted by atomic mass is 16.6. The van der Waals surface area contributed by atoms with Gasteiger partial charge in [0.15, 0.2) is 0 Å². The van der Waals surface area contributed by atoms with E-state index in [0.29, 0.717) is 6.61 Å². The van der Waals surface area contributed by atoms with Crippen LogP contribution in [0, 0.1) is 11.8 Å². The molecule has 2 saturated heterocycles. The standard InChI is InChI=1S/C12H22N2O2/c1-10-7-11(2)9-13(8-10)3-4-14-5-6-16-12(14)15/h10-11H,3-9H2,1-2H3/t10-,11-/m1/s1. The monoisotopic (exact) mass is 226 g/mol. The maximum Gasteiger partial charge on any atom is 0.409 e. The molecule has 2 fully saturated rings. The summed E-state index contributed by atoms with van der Waals surface area (Å²) in [5, 5.41) is 0. The third-order valence-electron chi connectivity index (χ3n) is 3.48. The summed E-state index contributed by atoms with van der Waals surface area (Å²) in [4.78, 5) is 15.5. The number of carbonyl (C=O) groups excluding carboxylic acids is 1. The third-order valence-corrected chi connectivity index (χ3v) is 3.48. The zero-order chi connectivity index (χ0) is 11.5. The molecular weight excluding hydrogens is 204 g/mol. The van der Waals surface area contributed by atoms with Crippen LogP contribution in [0.25, 0.3) is 0 Å². The molecule has 4 heteroatoms. The van der Waals surface area contributed by atoms with Crippen LogP contribution < -0.4 is 0 Å². The summed E-state index contributed by atoms with van der Waals surface area (Å²) in [6.45, 7) is 10.1. The Morgan fingerprint density at radius 3 is 2.50 bits per heavy atom. The van der Waals surface area contributed by atoms with Crippen molar-refractivity contribution < 1.29 is 9.53 Å². The van der Waals surface area contributed by atoms with Gasteiger partial charge in [-0.3, -0.25) is 0 Å². The molecule has 0 aliphatic carbocycles. The zero-order valence-electron chi connectivity index (χ0n) is 10.3. The van der Waals surface area contributed by atoms with Gasteiger partial charge in [0.25, 0.3) is 0 Å². The number of cyclic esters (lactones) is 1. The van der Waals surface area contributed by atoms with Crippen LogP contribution >= 0.6 is 0 Å². The van der Waals surface area contributed by atoms with Gasteiger partial charge in [0.2, 0.25) is 0 Å². The van der Waals surface area contributed by atoms with Crippen LogP contribution in [0.1, 0.15) is 20.3 Å². The van der Waals surface area contributed by atoms with E-state index < -0.39 is 0 Å². The van der Waals surface area contributed by atoms with Gasteiger partial charge in [-0.25, -0.2) is 4.79 Å². The first-order valence-corrected chi connectivity index (χ1v) is 6.29. The summed E-state index contributed by atoms with van der Waals surface area (Å²) in [6.07, 6.45) is 1.19. The Morgan fingerprint density at radius 1 is 1.25 bits per heavy atom. The smallest absolute Gasteiger partial charge is 0.409 e. The summed E-state index contributed by atoms with van der Waals surface area (Å²) in [5.41, 5.74) is 0. The maximum atomic E-state index is 11.3. The van der Waals surface area contributed by atoms with Crippen molar-refractivity contribution in [1.29, 1.82) is 0 Å². The van der Waals surface area contributed by atoms with E-state index in [1.807, 2.05) is 4.90 Å². The van der Waals surface area contributed by atoms with Crippen LogP contribution in [0.2, 0.25) is 0 Å². The van der Waals surface area contributed by atoms with E-state index >= 15 is 0 Å². The second-order valence-electron chi connectivity index (χ2n) is 5.31. The number of nitrogens with zero attached hydrogens (tertiary/aromatic N) is 2. The number of ether oxygens (including phenoxy) is 1. The average molecular weight is 226 g/mol. The van der Waals surface area contributed by atoms with Crippen LogP contribution in [0.4, 0.5) is 4.79 Å². The van der Waals surface area contributed by atoms with Crippen LogP contribution in [-0.2, 0) is 4.74 Å². The lowest BCUT2D eigenvalue weighted by Crippen LogP contribution is -2.43. The minimum absolute atomic E-state index is 0.141. The van der Waals surface area contributed by atoms with Crippen molar-refractivity contribution in [3.63, 3.8) is 0 Å². The minimum Gasteiger partial charge on any atom is -0.448 e. The Bertz CT molecular complexity index is 247. The number of hydrogen-bond acceptors (Lipinski definition) is 3. The van der Waals surface area contributed by atoms with Crippen LogP contribution in [0.5, 0.6) is 0 Å². The van der Waals surface area contributed by atoms with E-state index in [2.05, 4.69) is 18.7 Å². The summed E-state index contributed by atoms with van der Waals surface area (Å²) in [7, 11) is 0. The van der Waals surface area contributed by atoms with Crippen molar-refractivity contribution in [2.45, 2.75) is 20.3 Å². The van der Waals surface area contributed by atoms with Gasteiger partial charge in [0, 0.05) is 26.2 Å². The lowest BCUT2D eigenvalue weighted by molar-refractivity contribution is 0.124. The first-order valence-electron chi connectivity index (χ1n) is 6.29. The molecule has 92 valence electrons. The average Bonchev–Trinajstić information content (AvgIpc) is 2.59. The van der Waals surface area contributed by atoms with Crippen molar-refractivity contribution in [2.24, 2.45) is 11.8 Å². The van der Waals surface area contributed by atoms with Gasteiger partial charge in [-0.2, -0.15) is 0 Å². The van der Waals surface area contributed by atoms with Gasteiger partial charge in [-0.1, -0.05) is 13.8 Å². The highest BCUT2D eigenvalue weighted by Gasteiger charge is 2.25. The molecule has 0 saturated carbocycles. The highest BCUT2D eigenvalue weighted by molar-refractivity contribution is 5.69. The SMILES string of the molecule is C[C@@H]1C[C@@H](C)CN(CCN2CCOC2=O)C1. The van der Waals surface area contributed by atoms with Crippen LogP contribution in [0.15, 0.2) is 0 Å². The Labute approximate surface area is 97.5 Å². The second-order valence-corrected chi connectivity index (χ2v) is 5.31. The van der Waals surface area contributed by atoms with Gasteiger partial charge >= 0.3 is 6.09 Å². The molecule has 0 bridgehead atoms. The minimum atomic E-state index is -0.141. The summed E-state index contributed by atoms with van der Waals surface area (Å²) >= 11 is 0. The number of likely N-dealkylation sites (tertiary alicyclic amines) is 1. The largest absolute Gasteiger partial charge is 0.448 e. The van der Waals surface area contributed by atoms with Gasteiger partial charge in [0.05, 0.1) is 6.54 Å². The van der Waals surface area contributed by atoms with E-state index in [9.17, 15) is 4.79 Å². The molecule has 2 rings (SSSR count). The number of piperidine rings is 1. The predicted molar refractivity (Wildman–Crippen MR) is 62.3 cm³/mol. The molecule has 16 heavy (non-hydrogen) atoms. The van der Waals surface area contributed by atoms with E-state index in [1.165, 1.54) is 19.5 Å². The van der Waals surface area contributed by atoms with Gasteiger partial charge in [0.1, 0.15) is 6.61 Å². The fourth-order valence-corrected chi connectivity index (χ4v) is 2.87. The second kappa shape index (κ2) is 5.04. The molecule has 4 nitrogen and oxygen atoms in total.